The molecule has 0 aromatic heterocycles. The summed E-state index contributed by atoms with van der Waals surface area (Å²) in [5, 5.41) is 0. The number of benzene rings is 1. The third-order valence-electron chi connectivity index (χ3n) is 1.90. The Kier molecular flexibility index (Phi) is 3.92. The maximum Gasteiger partial charge on any atom is 0.338 e. The average Bonchev–Trinajstić information content (AvgIpc) is 2.26. The fourth-order valence-electron chi connectivity index (χ4n) is 1.25. The number of esters is 1. The first-order valence-corrected chi connectivity index (χ1v) is 4.63. The topological polar surface area (TPSA) is 26.3 Å². The molecule has 0 atom stereocenters. The molecule has 1 aromatic carbocycles. The fourth-order valence-corrected chi connectivity index (χ4v) is 1.25. The van der Waals surface area contributed by atoms with Crippen LogP contribution in [0.1, 0.15) is 18.9 Å². The van der Waals surface area contributed by atoms with E-state index in [-0.39, 0.29) is 5.97 Å². The van der Waals surface area contributed by atoms with Gasteiger partial charge in [0.15, 0.2) is 0 Å². The largest absolute Gasteiger partial charge is 0.465 e. The molecule has 2 nitrogen and oxygen atoms in total. The first kappa shape index (κ1) is 10.5. The van der Waals surface area contributed by atoms with Gasteiger partial charge in [0.1, 0.15) is 0 Å². The van der Waals surface area contributed by atoms with Crippen molar-refractivity contribution in [2.75, 3.05) is 7.11 Å². The number of allylic oxidation sites excluding steroid dienone is 1. The Labute approximate surface area is 84.2 Å². The molecule has 0 N–H and O–H groups in total. The fraction of sp³-hybridized carbons (Fsp3) is 0.250. The van der Waals surface area contributed by atoms with Gasteiger partial charge in [0.2, 0.25) is 0 Å². The summed E-state index contributed by atoms with van der Waals surface area (Å²) in [6, 6.07) is 9.53. The van der Waals surface area contributed by atoms with Crippen LogP contribution in [0.15, 0.2) is 36.4 Å². The van der Waals surface area contributed by atoms with Crippen molar-refractivity contribution in [3.05, 3.63) is 42.0 Å². The zero-order valence-electron chi connectivity index (χ0n) is 8.49. The van der Waals surface area contributed by atoms with E-state index in [2.05, 4.69) is 0 Å². The second-order valence-corrected chi connectivity index (χ2v) is 2.88. The van der Waals surface area contributed by atoms with Crippen molar-refractivity contribution >= 4 is 11.5 Å². The van der Waals surface area contributed by atoms with Crippen LogP contribution in [-0.2, 0) is 9.53 Å². The van der Waals surface area contributed by atoms with Crippen molar-refractivity contribution in [3.8, 4) is 0 Å². The molecule has 1 rings (SSSR count). The van der Waals surface area contributed by atoms with Crippen LogP contribution >= 0.6 is 0 Å². The lowest BCUT2D eigenvalue weighted by Crippen LogP contribution is -2.03. The summed E-state index contributed by atoms with van der Waals surface area (Å²) in [6.07, 6.45) is 2.69. The zero-order chi connectivity index (χ0) is 10.4. The standard InChI is InChI=1S/C12H14O2/c1-3-7-11(12(13)14-2)10-8-5-4-6-9-10/h4-9H,3H2,1-2H3/b11-7+. The molecule has 0 unspecified atom stereocenters. The Morgan fingerprint density at radius 2 is 2.00 bits per heavy atom. The average molecular weight is 190 g/mol. The first-order chi connectivity index (χ1) is 6.79. The number of carbonyl (C=O) groups is 1. The van der Waals surface area contributed by atoms with Crippen LogP contribution in [-0.4, -0.2) is 13.1 Å². The summed E-state index contributed by atoms with van der Waals surface area (Å²) in [5.74, 6) is -0.280. The molecule has 0 spiro atoms. The van der Waals surface area contributed by atoms with Crippen LogP contribution in [0.5, 0.6) is 0 Å². The van der Waals surface area contributed by atoms with E-state index in [1.165, 1.54) is 7.11 Å². The van der Waals surface area contributed by atoms with Crippen LogP contribution in [0, 0.1) is 0 Å². The van der Waals surface area contributed by atoms with E-state index >= 15 is 0 Å². The quantitative estimate of drug-likeness (QED) is 0.541. The van der Waals surface area contributed by atoms with Gasteiger partial charge < -0.3 is 4.74 Å². The van der Waals surface area contributed by atoms with Gasteiger partial charge in [-0.2, -0.15) is 0 Å². The number of rotatable bonds is 3. The molecule has 0 bridgehead atoms. The molecule has 0 saturated carbocycles. The summed E-state index contributed by atoms with van der Waals surface area (Å²) in [5.41, 5.74) is 1.54. The van der Waals surface area contributed by atoms with Crippen LogP contribution in [0.4, 0.5) is 0 Å². The minimum absolute atomic E-state index is 0.280. The Bertz CT molecular complexity index is 325. The summed E-state index contributed by atoms with van der Waals surface area (Å²) < 4.78 is 4.71. The summed E-state index contributed by atoms with van der Waals surface area (Å²) >= 11 is 0. The van der Waals surface area contributed by atoms with Crippen molar-refractivity contribution in [3.63, 3.8) is 0 Å². The third-order valence-corrected chi connectivity index (χ3v) is 1.90. The third kappa shape index (κ3) is 2.46. The van der Waals surface area contributed by atoms with Crippen molar-refractivity contribution in [2.24, 2.45) is 0 Å². The zero-order valence-corrected chi connectivity index (χ0v) is 8.49. The highest BCUT2D eigenvalue weighted by molar-refractivity contribution is 6.16. The lowest BCUT2D eigenvalue weighted by molar-refractivity contribution is -0.133. The molecule has 0 heterocycles. The molecule has 2 heteroatoms. The molecule has 14 heavy (non-hydrogen) atoms. The van der Waals surface area contributed by atoms with Crippen LogP contribution in [0.3, 0.4) is 0 Å². The minimum atomic E-state index is -0.280. The molecule has 0 saturated heterocycles. The first-order valence-electron chi connectivity index (χ1n) is 4.63. The Morgan fingerprint density at radius 3 is 2.50 bits per heavy atom. The van der Waals surface area contributed by atoms with Crippen molar-refractivity contribution < 1.29 is 9.53 Å². The Morgan fingerprint density at radius 1 is 1.36 bits per heavy atom. The van der Waals surface area contributed by atoms with E-state index in [9.17, 15) is 4.79 Å². The molecule has 74 valence electrons. The molecule has 0 amide bonds. The Hall–Kier alpha value is -1.57. The van der Waals surface area contributed by atoms with E-state index in [1.54, 1.807) is 0 Å². The van der Waals surface area contributed by atoms with Gasteiger partial charge in [0.05, 0.1) is 12.7 Å². The highest BCUT2D eigenvalue weighted by Gasteiger charge is 2.10. The van der Waals surface area contributed by atoms with Gasteiger partial charge in [-0.15, -0.1) is 0 Å². The van der Waals surface area contributed by atoms with E-state index in [0.29, 0.717) is 5.57 Å². The van der Waals surface area contributed by atoms with Crippen LogP contribution < -0.4 is 0 Å². The highest BCUT2D eigenvalue weighted by atomic mass is 16.5. The molecule has 0 aliphatic carbocycles. The van der Waals surface area contributed by atoms with Gasteiger partial charge in [-0.3, -0.25) is 0 Å². The maximum absolute atomic E-state index is 11.4. The second-order valence-electron chi connectivity index (χ2n) is 2.88. The van der Waals surface area contributed by atoms with Gasteiger partial charge >= 0.3 is 5.97 Å². The second kappa shape index (κ2) is 5.22. The number of hydrogen-bond donors (Lipinski definition) is 0. The number of methoxy groups -OCH3 is 1. The smallest absolute Gasteiger partial charge is 0.338 e. The number of ether oxygens (including phenoxy) is 1. The lowest BCUT2D eigenvalue weighted by atomic mass is 10.1. The lowest BCUT2D eigenvalue weighted by Gasteiger charge is -2.04. The monoisotopic (exact) mass is 190 g/mol. The molecule has 1 aromatic rings. The van der Waals surface area contributed by atoms with E-state index in [4.69, 9.17) is 4.74 Å². The molecule has 0 fully saturated rings. The van der Waals surface area contributed by atoms with Crippen LogP contribution in [0.2, 0.25) is 0 Å². The van der Waals surface area contributed by atoms with E-state index in [1.807, 2.05) is 43.3 Å². The van der Waals surface area contributed by atoms with Crippen LogP contribution in [0.25, 0.3) is 5.57 Å². The van der Waals surface area contributed by atoms with Gasteiger partial charge in [0, 0.05) is 0 Å². The van der Waals surface area contributed by atoms with Crippen molar-refractivity contribution in [1.29, 1.82) is 0 Å². The van der Waals surface area contributed by atoms with Gasteiger partial charge in [-0.25, -0.2) is 4.79 Å². The van der Waals surface area contributed by atoms with E-state index < -0.39 is 0 Å². The Balaban J connectivity index is 3.02. The van der Waals surface area contributed by atoms with Gasteiger partial charge in [0.25, 0.3) is 0 Å². The molecular formula is C12H14O2. The summed E-state index contributed by atoms with van der Waals surface area (Å²) in [4.78, 5) is 11.4. The molecular weight excluding hydrogens is 176 g/mol. The van der Waals surface area contributed by atoms with Gasteiger partial charge in [-0.05, 0) is 12.0 Å². The summed E-state index contributed by atoms with van der Waals surface area (Å²) in [6.45, 7) is 1.99. The van der Waals surface area contributed by atoms with Crippen molar-refractivity contribution in [1.82, 2.24) is 0 Å². The normalized spacial score (nSPS) is 11.1. The maximum atomic E-state index is 11.4. The summed E-state index contributed by atoms with van der Waals surface area (Å²) in [7, 11) is 1.40. The number of carbonyl (C=O) groups excluding carboxylic acids is 1. The predicted molar refractivity (Wildman–Crippen MR) is 56.7 cm³/mol. The van der Waals surface area contributed by atoms with E-state index in [0.717, 1.165) is 12.0 Å². The minimum Gasteiger partial charge on any atom is -0.465 e. The van der Waals surface area contributed by atoms with Gasteiger partial charge in [-0.1, -0.05) is 43.3 Å². The van der Waals surface area contributed by atoms with Crippen molar-refractivity contribution in [2.45, 2.75) is 13.3 Å². The highest BCUT2D eigenvalue weighted by Crippen LogP contribution is 2.15. The number of hydrogen-bond acceptors (Lipinski definition) is 2. The molecule has 0 radical (unpaired) electrons. The molecule has 0 aliphatic heterocycles. The molecule has 0 aliphatic rings. The SMILES string of the molecule is CC/C=C(/C(=O)OC)c1ccccc1. The predicted octanol–water partition coefficient (Wildman–Crippen LogP) is 2.65.